The Morgan fingerprint density at radius 1 is 1.00 bits per heavy atom. The second-order valence-corrected chi connectivity index (χ2v) is 5.77. The van der Waals surface area contributed by atoms with Gasteiger partial charge in [-0.15, -0.1) is 10.2 Å². The van der Waals surface area contributed by atoms with E-state index >= 15 is 0 Å². The van der Waals surface area contributed by atoms with Crippen molar-refractivity contribution in [3.63, 3.8) is 0 Å². The van der Waals surface area contributed by atoms with Crippen molar-refractivity contribution in [2.45, 2.75) is 6.92 Å². The molecule has 0 saturated carbocycles. The first-order valence-corrected chi connectivity index (χ1v) is 7.95. The molecule has 24 heavy (non-hydrogen) atoms. The molecule has 120 valence electrons. The quantitative estimate of drug-likeness (QED) is 0.686. The van der Waals surface area contributed by atoms with Gasteiger partial charge in [0.2, 0.25) is 0 Å². The van der Waals surface area contributed by atoms with E-state index in [2.05, 4.69) is 15.5 Å². The molecular formula is C19H17ClN4. The SMILES string of the molecule is CNc1nnc(-c2ccccc2)c(Cl)c1C(=N)c1ccccc1C. The molecule has 0 unspecified atom stereocenters. The van der Waals surface area contributed by atoms with Gasteiger partial charge in [-0.25, -0.2) is 0 Å². The normalized spacial score (nSPS) is 10.5. The fourth-order valence-electron chi connectivity index (χ4n) is 2.59. The van der Waals surface area contributed by atoms with Crippen LogP contribution in [0.2, 0.25) is 5.02 Å². The lowest BCUT2D eigenvalue weighted by atomic mass is 9.97. The average Bonchev–Trinajstić information content (AvgIpc) is 2.62. The summed E-state index contributed by atoms with van der Waals surface area (Å²) in [7, 11) is 1.75. The van der Waals surface area contributed by atoms with E-state index in [4.69, 9.17) is 17.0 Å². The van der Waals surface area contributed by atoms with Gasteiger partial charge in [0.1, 0.15) is 5.69 Å². The highest BCUT2D eigenvalue weighted by Crippen LogP contribution is 2.33. The first kappa shape index (κ1) is 16.1. The Morgan fingerprint density at radius 2 is 1.67 bits per heavy atom. The monoisotopic (exact) mass is 336 g/mol. The first-order valence-electron chi connectivity index (χ1n) is 7.57. The molecule has 0 spiro atoms. The number of halogens is 1. The Hall–Kier alpha value is -2.72. The van der Waals surface area contributed by atoms with Crippen LogP contribution in [0.1, 0.15) is 16.7 Å². The molecule has 1 aromatic heterocycles. The minimum Gasteiger partial charge on any atom is -0.371 e. The van der Waals surface area contributed by atoms with Crippen LogP contribution < -0.4 is 5.32 Å². The number of aromatic nitrogens is 2. The molecule has 0 aliphatic carbocycles. The molecule has 0 bridgehead atoms. The molecule has 1 heterocycles. The lowest BCUT2D eigenvalue weighted by Crippen LogP contribution is -2.11. The van der Waals surface area contributed by atoms with Crippen molar-refractivity contribution < 1.29 is 0 Å². The van der Waals surface area contributed by atoms with Crippen LogP contribution in [-0.2, 0) is 0 Å². The van der Waals surface area contributed by atoms with Crippen LogP contribution in [0.15, 0.2) is 54.6 Å². The van der Waals surface area contributed by atoms with Crippen molar-refractivity contribution in [1.82, 2.24) is 10.2 Å². The van der Waals surface area contributed by atoms with Crippen LogP contribution in [-0.4, -0.2) is 23.0 Å². The molecule has 3 aromatic rings. The summed E-state index contributed by atoms with van der Waals surface area (Å²) in [5.74, 6) is 0.493. The lowest BCUT2D eigenvalue weighted by Gasteiger charge is -2.15. The number of hydrogen-bond acceptors (Lipinski definition) is 4. The number of nitrogens with one attached hydrogen (secondary N) is 2. The zero-order chi connectivity index (χ0) is 17.1. The number of benzene rings is 2. The van der Waals surface area contributed by atoms with Crippen molar-refractivity contribution in [2.75, 3.05) is 12.4 Å². The van der Waals surface area contributed by atoms with Crippen LogP contribution in [0.4, 0.5) is 5.82 Å². The van der Waals surface area contributed by atoms with E-state index in [1.165, 1.54) is 0 Å². The van der Waals surface area contributed by atoms with Crippen molar-refractivity contribution in [3.8, 4) is 11.3 Å². The van der Waals surface area contributed by atoms with E-state index < -0.39 is 0 Å². The van der Waals surface area contributed by atoms with Gasteiger partial charge < -0.3 is 5.32 Å². The minimum atomic E-state index is 0.328. The fourth-order valence-corrected chi connectivity index (χ4v) is 2.92. The Kier molecular flexibility index (Phi) is 4.58. The van der Waals surface area contributed by atoms with Crippen molar-refractivity contribution in [3.05, 3.63) is 76.3 Å². The smallest absolute Gasteiger partial charge is 0.159 e. The Balaban J connectivity index is 2.20. The maximum Gasteiger partial charge on any atom is 0.159 e. The molecule has 0 fully saturated rings. The molecular weight excluding hydrogens is 320 g/mol. The predicted molar refractivity (Wildman–Crippen MR) is 99.1 cm³/mol. The standard InChI is InChI=1S/C19H17ClN4/c1-12-8-6-7-11-14(12)17(21)15-16(20)18(23-24-19(15)22-2)13-9-4-3-5-10-13/h3-11,21H,1-2H3,(H,22,24). The number of rotatable bonds is 4. The zero-order valence-electron chi connectivity index (χ0n) is 13.5. The third-order valence-corrected chi connectivity index (χ3v) is 4.23. The second-order valence-electron chi connectivity index (χ2n) is 5.39. The third kappa shape index (κ3) is 2.88. The molecule has 0 saturated heterocycles. The fraction of sp³-hybridized carbons (Fsp3) is 0.105. The van der Waals surface area contributed by atoms with Gasteiger partial charge in [0.15, 0.2) is 5.82 Å². The predicted octanol–water partition coefficient (Wildman–Crippen LogP) is 4.56. The van der Waals surface area contributed by atoms with E-state index in [9.17, 15) is 0 Å². The summed E-state index contributed by atoms with van der Waals surface area (Å²) in [4.78, 5) is 0. The Bertz CT molecular complexity index is 891. The summed E-state index contributed by atoms with van der Waals surface area (Å²) >= 11 is 6.64. The molecule has 0 amide bonds. The molecule has 2 N–H and O–H groups in total. The van der Waals surface area contributed by atoms with E-state index in [0.717, 1.165) is 16.7 Å². The average molecular weight is 337 g/mol. The van der Waals surface area contributed by atoms with E-state index in [1.54, 1.807) is 7.05 Å². The maximum atomic E-state index is 8.66. The van der Waals surface area contributed by atoms with Crippen LogP contribution in [0, 0.1) is 12.3 Å². The van der Waals surface area contributed by atoms with Crippen molar-refractivity contribution in [2.24, 2.45) is 0 Å². The summed E-state index contributed by atoms with van der Waals surface area (Å²) in [6.45, 7) is 1.98. The largest absolute Gasteiger partial charge is 0.371 e. The second kappa shape index (κ2) is 6.81. The summed E-state index contributed by atoms with van der Waals surface area (Å²) in [6.07, 6.45) is 0. The highest BCUT2D eigenvalue weighted by Gasteiger charge is 2.21. The minimum absolute atomic E-state index is 0.328. The molecule has 2 aromatic carbocycles. The summed E-state index contributed by atoms with van der Waals surface area (Å²) < 4.78 is 0. The van der Waals surface area contributed by atoms with E-state index in [-0.39, 0.29) is 0 Å². The van der Waals surface area contributed by atoms with Crippen LogP contribution in [0.3, 0.4) is 0 Å². The molecule has 0 atom stereocenters. The zero-order valence-corrected chi connectivity index (χ0v) is 14.2. The van der Waals surface area contributed by atoms with Gasteiger partial charge in [-0.3, -0.25) is 5.41 Å². The van der Waals surface area contributed by atoms with Gasteiger partial charge in [0.05, 0.1) is 16.3 Å². The highest BCUT2D eigenvalue weighted by molar-refractivity contribution is 6.38. The van der Waals surface area contributed by atoms with Crippen LogP contribution in [0.5, 0.6) is 0 Å². The van der Waals surface area contributed by atoms with E-state index in [1.807, 2.05) is 61.5 Å². The number of hydrogen-bond donors (Lipinski definition) is 2. The number of anilines is 1. The van der Waals surface area contributed by atoms with Gasteiger partial charge in [-0.05, 0) is 12.5 Å². The maximum absolute atomic E-state index is 8.66. The first-order chi connectivity index (χ1) is 11.6. The van der Waals surface area contributed by atoms with Gasteiger partial charge in [-0.1, -0.05) is 66.2 Å². The van der Waals surface area contributed by atoms with Gasteiger partial charge in [-0.2, -0.15) is 0 Å². The van der Waals surface area contributed by atoms with Crippen molar-refractivity contribution >= 4 is 23.1 Å². The van der Waals surface area contributed by atoms with E-state index in [0.29, 0.717) is 27.8 Å². The molecule has 0 aliphatic rings. The third-order valence-electron chi connectivity index (χ3n) is 3.86. The topological polar surface area (TPSA) is 61.7 Å². The molecule has 3 rings (SSSR count). The Labute approximate surface area is 146 Å². The van der Waals surface area contributed by atoms with Gasteiger partial charge >= 0.3 is 0 Å². The van der Waals surface area contributed by atoms with Crippen molar-refractivity contribution in [1.29, 1.82) is 5.41 Å². The van der Waals surface area contributed by atoms with Crippen LogP contribution >= 0.6 is 11.6 Å². The summed E-state index contributed by atoms with van der Waals surface area (Å²) in [6, 6.07) is 17.4. The van der Waals surface area contributed by atoms with Crippen LogP contribution in [0.25, 0.3) is 11.3 Å². The lowest BCUT2D eigenvalue weighted by molar-refractivity contribution is 1.03. The highest BCUT2D eigenvalue weighted by atomic mass is 35.5. The molecule has 4 nitrogen and oxygen atoms in total. The molecule has 0 aliphatic heterocycles. The van der Waals surface area contributed by atoms with Gasteiger partial charge in [0.25, 0.3) is 0 Å². The Morgan fingerprint density at radius 3 is 2.33 bits per heavy atom. The molecule has 5 heteroatoms. The molecule has 0 radical (unpaired) electrons. The summed E-state index contributed by atoms with van der Waals surface area (Å²) in [5, 5.41) is 20.5. The van der Waals surface area contributed by atoms with Gasteiger partial charge in [0, 0.05) is 18.2 Å². The summed E-state index contributed by atoms with van der Waals surface area (Å²) in [5.41, 5.74) is 4.17. The number of aryl methyl sites for hydroxylation is 1. The number of nitrogens with zero attached hydrogens (tertiary/aromatic N) is 2.